The van der Waals surface area contributed by atoms with Crippen molar-refractivity contribution < 1.29 is 31.8 Å². The van der Waals surface area contributed by atoms with Crippen LogP contribution < -0.4 is 0 Å². The molecular formula is C6H9NO7S. The molecule has 0 aliphatic carbocycles. The molecule has 0 aliphatic heterocycles. The topological polar surface area (TPSA) is 116 Å². The number of nitrogens with zero attached hydrogens (tertiary/aromatic N) is 1. The fourth-order valence-corrected chi connectivity index (χ4v) is 0.556. The van der Waals surface area contributed by atoms with Gasteiger partial charge in [0.15, 0.2) is 5.71 Å². The van der Waals surface area contributed by atoms with E-state index in [0.29, 0.717) is 0 Å². The molecule has 0 aromatic heterocycles. The molecule has 86 valence electrons. The van der Waals surface area contributed by atoms with E-state index in [1.54, 1.807) is 0 Å². The summed E-state index contributed by atoms with van der Waals surface area (Å²) in [7, 11) is -2.50. The molecule has 0 amide bonds. The Balaban J connectivity index is 0. The first-order valence-corrected chi connectivity index (χ1v) is 5.11. The summed E-state index contributed by atoms with van der Waals surface area (Å²) < 4.78 is 28.9. The number of esters is 1. The minimum atomic E-state index is -3.66. The number of oxime groups is 1. The van der Waals surface area contributed by atoms with Crippen LogP contribution in [-0.4, -0.2) is 39.6 Å². The van der Waals surface area contributed by atoms with E-state index in [1.165, 1.54) is 6.92 Å². The Hall–Kier alpha value is -1.73. The Bertz CT molecular complexity index is 363. The van der Waals surface area contributed by atoms with Gasteiger partial charge in [0.2, 0.25) is 0 Å². The van der Waals surface area contributed by atoms with E-state index in [-0.39, 0.29) is 11.9 Å². The molecule has 0 fully saturated rings. The lowest BCUT2D eigenvalue weighted by Crippen LogP contribution is -2.13. The zero-order valence-electron chi connectivity index (χ0n) is 8.21. The molecule has 9 heteroatoms. The summed E-state index contributed by atoms with van der Waals surface area (Å²) >= 11 is 0. The average molecular weight is 239 g/mol. The molecule has 0 heterocycles. The van der Waals surface area contributed by atoms with E-state index >= 15 is 0 Å². The van der Waals surface area contributed by atoms with Crippen molar-refractivity contribution in [2.75, 3.05) is 13.4 Å². The summed E-state index contributed by atoms with van der Waals surface area (Å²) in [5.41, 5.74) is -0.164. The summed E-state index contributed by atoms with van der Waals surface area (Å²) in [5.74, 6) is -0.737. The molecule has 0 saturated heterocycles. The lowest BCUT2D eigenvalue weighted by atomic mass is 10.4. The monoisotopic (exact) mass is 239 g/mol. The molecule has 0 aromatic carbocycles. The normalized spacial score (nSPS) is 10.5. The Kier molecular flexibility index (Phi) is 8.03. The highest BCUT2D eigenvalue weighted by Gasteiger charge is 2.07. The molecule has 0 saturated carbocycles. The predicted molar refractivity (Wildman–Crippen MR) is 46.1 cm³/mol. The van der Waals surface area contributed by atoms with Gasteiger partial charge in [-0.1, -0.05) is 5.16 Å². The van der Waals surface area contributed by atoms with Crippen LogP contribution in [0.5, 0.6) is 0 Å². The van der Waals surface area contributed by atoms with E-state index in [1.807, 2.05) is 0 Å². The van der Waals surface area contributed by atoms with Crippen LogP contribution in [0, 0.1) is 0 Å². The summed E-state index contributed by atoms with van der Waals surface area (Å²) in [6.45, 7) is 1.27. The molecule has 0 radical (unpaired) electrons. The largest absolute Gasteiger partial charge is 0.464 e. The Morgan fingerprint density at radius 3 is 2.00 bits per heavy atom. The Labute approximate surface area is 86.0 Å². The fourth-order valence-electron chi connectivity index (χ4n) is 0.309. The van der Waals surface area contributed by atoms with Gasteiger partial charge in [0.1, 0.15) is 0 Å². The van der Waals surface area contributed by atoms with Crippen molar-refractivity contribution in [2.45, 2.75) is 6.92 Å². The van der Waals surface area contributed by atoms with Gasteiger partial charge in [0.25, 0.3) is 0 Å². The van der Waals surface area contributed by atoms with Gasteiger partial charge in [0.05, 0.1) is 13.4 Å². The number of rotatable bonds is 3. The summed E-state index contributed by atoms with van der Waals surface area (Å²) in [5, 5.41) is 3.02. The summed E-state index contributed by atoms with van der Waals surface area (Å²) in [4.78, 5) is 26.9. The van der Waals surface area contributed by atoms with Crippen molar-refractivity contribution in [3.8, 4) is 0 Å². The van der Waals surface area contributed by atoms with Gasteiger partial charge < -0.3 is 4.74 Å². The third-order valence-electron chi connectivity index (χ3n) is 0.790. The van der Waals surface area contributed by atoms with Crippen LogP contribution in [0.25, 0.3) is 0 Å². The number of hydrogen-bond donors (Lipinski definition) is 0. The van der Waals surface area contributed by atoms with Gasteiger partial charge in [0, 0.05) is 0 Å². The van der Waals surface area contributed by atoms with Gasteiger partial charge in [-0.2, -0.15) is 18.0 Å². The number of hydrogen-bond acceptors (Lipinski definition) is 8. The maximum Gasteiger partial charge on any atom is 0.373 e. The highest BCUT2D eigenvalue weighted by molar-refractivity contribution is 7.85. The van der Waals surface area contributed by atoms with Crippen LogP contribution in [0.15, 0.2) is 5.16 Å². The van der Waals surface area contributed by atoms with Crippen molar-refractivity contribution in [1.82, 2.24) is 0 Å². The molecule has 0 atom stereocenters. The maximum atomic E-state index is 10.6. The first-order chi connectivity index (χ1) is 6.78. The number of carbonyl (C=O) groups excluding carboxylic acids is 3. The van der Waals surface area contributed by atoms with Crippen LogP contribution >= 0.6 is 0 Å². The average Bonchev–Trinajstić information content (AvgIpc) is 2.13. The quantitative estimate of drug-likeness (QED) is 0.349. The van der Waals surface area contributed by atoms with Gasteiger partial charge in [-0.15, -0.1) is 0 Å². The second kappa shape index (κ2) is 7.65. The number of ether oxygens (including phenoxy) is 1. The molecule has 0 aromatic rings. The van der Waals surface area contributed by atoms with Crippen LogP contribution in [0.1, 0.15) is 6.92 Å². The highest BCUT2D eigenvalue weighted by Crippen LogP contribution is 1.90. The SMILES string of the molecule is COC(=O)/C(C)=N\OS(C)(=O)=O.O=C=O. The van der Waals surface area contributed by atoms with Crippen molar-refractivity contribution in [1.29, 1.82) is 0 Å². The molecular weight excluding hydrogens is 230 g/mol. The van der Waals surface area contributed by atoms with Crippen LogP contribution in [-0.2, 0) is 33.5 Å². The van der Waals surface area contributed by atoms with Gasteiger partial charge in [-0.25, -0.2) is 4.79 Å². The van der Waals surface area contributed by atoms with E-state index in [0.717, 1.165) is 13.4 Å². The molecule has 0 aliphatic rings. The molecule has 15 heavy (non-hydrogen) atoms. The predicted octanol–water partition coefficient (Wildman–Crippen LogP) is -1.07. The summed E-state index contributed by atoms with van der Waals surface area (Å²) in [6.07, 6.45) is 1.07. The molecule has 0 unspecified atom stereocenters. The Morgan fingerprint density at radius 1 is 1.33 bits per heavy atom. The Morgan fingerprint density at radius 2 is 1.73 bits per heavy atom. The second-order valence-electron chi connectivity index (χ2n) is 2.03. The van der Waals surface area contributed by atoms with E-state index in [9.17, 15) is 13.2 Å². The van der Waals surface area contributed by atoms with E-state index in [4.69, 9.17) is 9.59 Å². The third kappa shape index (κ3) is 12.3. The van der Waals surface area contributed by atoms with Crippen molar-refractivity contribution >= 4 is 28.0 Å². The second-order valence-corrected chi connectivity index (χ2v) is 3.59. The molecule has 0 N–H and O–H groups in total. The minimum absolute atomic E-state index is 0.164. The van der Waals surface area contributed by atoms with Crippen LogP contribution in [0.4, 0.5) is 0 Å². The molecule has 8 nitrogen and oxygen atoms in total. The summed E-state index contributed by atoms with van der Waals surface area (Å²) in [6, 6.07) is 0. The standard InChI is InChI=1S/C5H9NO5S.CO2/c1-4(5(7)10-2)6-11-12(3,8)9;2-1-3/h1-3H3;/b6-4-;. The molecule has 0 rings (SSSR count). The van der Waals surface area contributed by atoms with E-state index < -0.39 is 16.1 Å². The fraction of sp³-hybridized carbons (Fsp3) is 0.500. The lowest BCUT2D eigenvalue weighted by molar-refractivity contribution is -0.191. The van der Waals surface area contributed by atoms with Gasteiger partial charge in [-0.05, 0) is 6.92 Å². The van der Waals surface area contributed by atoms with Gasteiger partial charge in [-0.3, -0.25) is 4.28 Å². The number of methoxy groups -OCH3 is 1. The van der Waals surface area contributed by atoms with E-state index in [2.05, 4.69) is 14.2 Å². The number of carbonyl (C=O) groups is 1. The van der Waals surface area contributed by atoms with Gasteiger partial charge >= 0.3 is 22.2 Å². The zero-order chi connectivity index (χ0) is 12.5. The minimum Gasteiger partial charge on any atom is -0.464 e. The zero-order valence-corrected chi connectivity index (χ0v) is 9.03. The third-order valence-corrected chi connectivity index (χ3v) is 1.14. The van der Waals surface area contributed by atoms with Crippen molar-refractivity contribution in [3.05, 3.63) is 0 Å². The van der Waals surface area contributed by atoms with Crippen LogP contribution in [0.2, 0.25) is 0 Å². The first-order valence-electron chi connectivity index (χ1n) is 3.29. The smallest absolute Gasteiger partial charge is 0.373 e. The maximum absolute atomic E-state index is 10.6. The van der Waals surface area contributed by atoms with Crippen molar-refractivity contribution in [3.63, 3.8) is 0 Å². The molecule has 0 spiro atoms. The first kappa shape index (κ1) is 15.7. The lowest BCUT2D eigenvalue weighted by Gasteiger charge is -1.96. The molecule has 0 bridgehead atoms. The van der Waals surface area contributed by atoms with Crippen molar-refractivity contribution in [2.24, 2.45) is 5.16 Å². The highest BCUT2D eigenvalue weighted by atomic mass is 32.2. The van der Waals surface area contributed by atoms with Crippen LogP contribution in [0.3, 0.4) is 0 Å².